The molecule has 0 bridgehead atoms. The third-order valence-electron chi connectivity index (χ3n) is 6.51. The molecule has 0 heterocycles. The Kier molecular flexibility index (Phi) is 11.7. The van der Waals surface area contributed by atoms with Gasteiger partial charge in [-0.25, -0.2) is 8.42 Å². The molecule has 0 spiro atoms. The molecule has 2 amide bonds. The Morgan fingerprint density at radius 1 is 1.00 bits per heavy atom. The average molecular weight is 598 g/mol. The van der Waals surface area contributed by atoms with Crippen molar-refractivity contribution in [1.82, 2.24) is 10.2 Å². The first-order valence-corrected chi connectivity index (χ1v) is 16.3. The minimum atomic E-state index is -4.14. The van der Waals surface area contributed by atoms with Crippen molar-refractivity contribution in [1.29, 1.82) is 0 Å². The van der Waals surface area contributed by atoms with E-state index in [-0.39, 0.29) is 17.3 Å². The summed E-state index contributed by atoms with van der Waals surface area (Å²) in [6.45, 7) is 8.04. The Morgan fingerprint density at radius 2 is 1.68 bits per heavy atom. The molecule has 1 N–H and O–H groups in total. The first-order valence-electron chi connectivity index (χ1n) is 13.6. The van der Waals surface area contributed by atoms with Crippen LogP contribution in [0.2, 0.25) is 0 Å². The van der Waals surface area contributed by atoms with Crippen LogP contribution in [0.1, 0.15) is 38.3 Å². The molecule has 220 valence electrons. The number of ether oxygens (including phenoxy) is 1. The molecule has 1 atom stereocenters. The van der Waals surface area contributed by atoms with Crippen molar-refractivity contribution in [2.24, 2.45) is 0 Å². The Hall–Kier alpha value is -3.50. The predicted molar refractivity (Wildman–Crippen MR) is 165 cm³/mol. The number of benzene rings is 3. The SMILES string of the molecule is CCCNC(=O)C(C)N(Cc1cccc(C)c1)C(=O)CN(c1ccc(OCC)cc1)S(=O)(=O)c1ccc(SC)cc1. The van der Waals surface area contributed by atoms with Gasteiger partial charge in [-0.3, -0.25) is 13.9 Å². The van der Waals surface area contributed by atoms with Gasteiger partial charge in [-0.2, -0.15) is 0 Å². The molecule has 3 rings (SSSR count). The Labute approximate surface area is 248 Å². The highest BCUT2D eigenvalue weighted by atomic mass is 32.2. The van der Waals surface area contributed by atoms with Gasteiger partial charge in [0, 0.05) is 18.0 Å². The van der Waals surface area contributed by atoms with E-state index in [1.165, 1.54) is 16.7 Å². The molecule has 0 aliphatic heterocycles. The highest BCUT2D eigenvalue weighted by Crippen LogP contribution is 2.28. The van der Waals surface area contributed by atoms with Crippen molar-refractivity contribution in [2.45, 2.75) is 56.5 Å². The Bertz CT molecular complexity index is 1410. The fourth-order valence-electron chi connectivity index (χ4n) is 4.26. The number of anilines is 1. The van der Waals surface area contributed by atoms with Crippen molar-refractivity contribution < 1.29 is 22.7 Å². The number of rotatable bonds is 14. The predicted octanol–water partition coefficient (Wildman–Crippen LogP) is 5.25. The number of nitrogens with zero attached hydrogens (tertiary/aromatic N) is 2. The summed E-state index contributed by atoms with van der Waals surface area (Å²) in [5.41, 5.74) is 2.18. The van der Waals surface area contributed by atoms with Crippen LogP contribution in [-0.2, 0) is 26.2 Å². The summed E-state index contributed by atoms with van der Waals surface area (Å²) >= 11 is 1.51. The molecule has 8 nitrogen and oxygen atoms in total. The van der Waals surface area contributed by atoms with Gasteiger partial charge < -0.3 is 15.0 Å². The molecule has 1 unspecified atom stereocenters. The standard InChI is InChI=1S/C31H39N3O5S2/c1-6-19-32-31(36)24(4)33(21-25-10-8-9-23(3)20-25)30(35)22-34(26-11-13-27(14-12-26)39-7-2)41(37,38)29-17-15-28(40-5)16-18-29/h8-18,20,24H,6-7,19,21-22H2,1-5H3,(H,32,36). The summed E-state index contributed by atoms with van der Waals surface area (Å²) in [7, 11) is -4.14. The van der Waals surface area contributed by atoms with Crippen LogP contribution in [0.15, 0.2) is 82.6 Å². The number of thioether (sulfide) groups is 1. The van der Waals surface area contributed by atoms with Crippen molar-refractivity contribution in [3.8, 4) is 5.75 Å². The second-order valence-corrected chi connectivity index (χ2v) is 12.3. The summed E-state index contributed by atoms with van der Waals surface area (Å²) in [5.74, 6) is -0.202. The van der Waals surface area contributed by atoms with E-state index in [4.69, 9.17) is 4.74 Å². The van der Waals surface area contributed by atoms with Gasteiger partial charge in [0.1, 0.15) is 18.3 Å². The largest absolute Gasteiger partial charge is 0.494 e. The van der Waals surface area contributed by atoms with Crippen molar-refractivity contribution >= 4 is 39.3 Å². The maximum atomic E-state index is 14.0. The van der Waals surface area contributed by atoms with Crippen molar-refractivity contribution in [2.75, 3.05) is 30.3 Å². The Balaban J connectivity index is 2.03. The number of amides is 2. The van der Waals surface area contributed by atoms with Crippen LogP contribution in [0.25, 0.3) is 0 Å². The number of aryl methyl sites for hydroxylation is 1. The highest BCUT2D eigenvalue weighted by Gasteiger charge is 2.32. The number of hydrogen-bond donors (Lipinski definition) is 1. The van der Waals surface area contributed by atoms with Crippen LogP contribution in [0.3, 0.4) is 0 Å². The molecule has 0 radical (unpaired) electrons. The second kappa shape index (κ2) is 14.9. The van der Waals surface area contributed by atoms with Crippen LogP contribution in [0, 0.1) is 6.92 Å². The molecule has 3 aromatic carbocycles. The fourth-order valence-corrected chi connectivity index (χ4v) is 6.09. The summed E-state index contributed by atoms with van der Waals surface area (Å²) in [6.07, 6.45) is 2.67. The van der Waals surface area contributed by atoms with Gasteiger partial charge in [0.2, 0.25) is 11.8 Å². The monoisotopic (exact) mass is 597 g/mol. The second-order valence-electron chi connectivity index (χ2n) is 9.59. The van der Waals surface area contributed by atoms with Crippen LogP contribution >= 0.6 is 11.8 Å². The fraction of sp³-hybridized carbons (Fsp3) is 0.355. The Morgan fingerprint density at radius 3 is 2.27 bits per heavy atom. The van der Waals surface area contributed by atoms with Gasteiger partial charge in [-0.1, -0.05) is 36.8 Å². The molecular weight excluding hydrogens is 558 g/mol. The number of hydrogen-bond acceptors (Lipinski definition) is 6. The van der Waals surface area contributed by atoms with E-state index in [1.807, 2.05) is 51.3 Å². The number of carbonyl (C=O) groups is 2. The van der Waals surface area contributed by atoms with E-state index in [0.717, 1.165) is 26.7 Å². The van der Waals surface area contributed by atoms with E-state index < -0.39 is 28.5 Å². The summed E-state index contributed by atoms with van der Waals surface area (Å²) in [4.78, 5) is 29.4. The average Bonchev–Trinajstić information content (AvgIpc) is 2.97. The number of sulfonamides is 1. The molecular formula is C31H39N3O5S2. The third-order valence-corrected chi connectivity index (χ3v) is 9.05. The normalized spacial score (nSPS) is 11.9. The van der Waals surface area contributed by atoms with Gasteiger partial charge >= 0.3 is 0 Å². The molecule has 0 aliphatic carbocycles. The van der Waals surface area contributed by atoms with Gasteiger partial charge in [-0.05, 0) is 87.5 Å². The molecule has 0 fully saturated rings. The topological polar surface area (TPSA) is 96.0 Å². The molecule has 0 aliphatic rings. The zero-order valence-corrected chi connectivity index (χ0v) is 25.9. The van der Waals surface area contributed by atoms with Crippen molar-refractivity contribution in [3.05, 3.63) is 83.9 Å². The third kappa shape index (κ3) is 8.50. The molecule has 0 saturated carbocycles. The first kappa shape index (κ1) is 32.0. The lowest BCUT2D eigenvalue weighted by atomic mass is 10.1. The highest BCUT2D eigenvalue weighted by molar-refractivity contribution is 7.98. The van der Waals surface area contributed by atoms with Gasteiger partial charge in [0.25, 0.3) is 10.0 Å². The van der Waals surface area contributed by atoms with E-state index in [9.17, 15) is 18.0 Å². The van der Waals surface area contributed by atoms with E-state index >= 15 is 0 Å². The zero-order chi connectivity index (χ0) is 30.0. The molecule has 0 aromatic heterocycles. The van der Waals surface area contributed by atoms with E-state index in [2.05, 4.69) is 5.32 Å². The van der Waals surface area contributed by atoms with E-state index in [0.29, 0.717) is 24.6 Å². The van der Waals surface area contributed by atoms with Crippen LogP contribution in [-0.4, -0.2) is 57.1 Å². The maximum Gasteiger partial charge on any atom is 0.264 e. The van der Waals surface area contributed by atoms with E-state index in [1.54, 1.807) is 55.5 Å². The van der Waals surface area contributed by atoms with Gasteiger partial charge in [-0.15, -0.1) is 11.8 Å². The van der Waals surface area contributed by atoms with Crippen LogP contribution in [0.4, 0.5) is 5.69 Å². The minimum Gasteiger partial charge on any atom is -0.494 e. The van der Waals surface area contributed by atoms with Crippen LogP contribution < -0.4 is 14.4 Å². The maximum absolute atomic E-state index is 14.0. The minimum absolute atomic E-state index is 0.0657. The van der Waals surface area contributed by atoms with Crippen molar-refractivity contribution in [3.63, 3.8) is 0 Å². The lowest BCUT2D eigenvalue weighted by Gasteiger charge is -2.32. The summed E-state index contributed by atoms with van der Waals surface area (Å²) in [6, 6.07) is 20.0. The summed E-state index contributed by atoms with van der Waals surface area (Å²) in [5, 5.41) is 2.85. The lowest BCUT2D eigenvalue weighted by Crippen LogP contribution is -2.51. The smallest absolute Gasteiger partial charge is 0.264 e. The molecule has 41 heavy (non-hydrogen) atoms. The van der Waals surface area contributed by atoms with Crippen LogP contribution in [0.5, 0.6) is 5.75 Å². The molecule has 3 aromatic rings. The first-order chi connectivity index (χ1) is 19.6. The number of carbonyl (C=O) groups excluding carboxylic acids is 2. The zero-order valence-electron chi connectivity index (χ0n) is 24.3. The van der Waals surface area contributed by atoms with Gasteiger partial charge in [0.15, 0.2) is 0 Å². The summed E-state index contributed by atoms with van der Waals surface area (Å²) < 4.78 is 34.6. The lowest BCUT2D eigenvalue weighted by molar-refractivity contribution is -0.139. The molecule has 10 heteroatoms. The van der Waals surface area contributed by atoms with Gasteiger partial charge in [0.05, 0.1) is 17.2 Å². The quantitative estimate of drug-likeness (QED) is 0.255. The molecule has 0 saturated heterocycles. The number of nitrogens with one attached hydrogen (secondary N) is 1.